The second kappa shape index (κ2) is 9.21. The lowest BCUT2D eigenvalue weighted by Crippen LogP contribution is -2.52. The van der Waals surface area contributed by atoms with Gasteiger partial charge in [0, 0.05) is 38.1 Å². The van der Waals surface area contributed by atoms with Crippen LogP contribution in [0, 0.1) is 0 Å². The van der Waals surface area contributed by atoms with Crippen LogP contribution in [0.4, 0.5) is 0 Å². The molecule has 0 aliphatic carbocycles. The van der Waals surface area contributed by atoms with Crippen molar-refractivity contribution < 1.29 is 33.3 Å². The SMILES string of the molecule is COc1cc(OC)c2c(c1)OC1(CCN(C(=O)Cc3ccc(OC)c(OC)c3)CC1)CC2=O. The summed E-state index contributed by atoms with van der Waals surface area (Å²) in [5, 5.41) is 0. The van der Waals surface area contributed by atoms with E-state index in [0.717, 1.165) is 5.56 Å². The highest BCUT2D eigenvalue weighted by molar-refractivity contribution is 6.03. The van der Waals surface area contributed by atoms with Gasteiger partial charge in [0.1, 0.15) is 28.4 Å². The number of fused-ring (bicyclic) bond motifs is 1. The number of Topliss-reactive ketones (excluding diaryl/α,β-unsaturated/α-hetero) is 1. The second-order valence-corrected chi connectivity index (χ2v) is 8.33. The van der Waals surface area contributed by atoms with E-state index in [1.807, 2.05) is 17.0 Å². The van der Waals surface area contributed by atoms with E-state index in [1.165, 1.54) is 7.11 Å². The summed E-state index contributed by atoms with van der Waals surface area (Å²) in [6.07, 6.45) is 1.69. The van der Waals surface area contributed by atoms with Crippen molar-refractivity contribution in [2.24, 2.45) is 0 Å². The summed E-state index contributed by atoms with van der Waals surface area (Å²) in [7, 11) is 6.23. The highest BCUT2D eigenvalue weighted by Gasteiger charge is 2.44. The summed E-state index contributed by atoms with van der Waals surface area (Å²) in [5.74, 6) is 2.74. The van der Waals surface area contributed by atoms with Crippen LogP contribution in [0.3, 0.4) is 0 Å². The molecule has 1 amide bonds. The molecule has 1 saturated heterocycles. The van der Waals surface area contributed by atoms with Crippen LogP contribution in [0.2, 0.25) is 0 Å². The Kier molecular flexibility index (Phi) is 6.35. The highest BCUT2D eigenvalue weighted by Crippen LogP contribution is 2.44. The van der Waals surface area contributed by atoms with Crippen LogP contribution >= 0.6 is 0 Å². The number of hydrogen-bond donors (Lipinski definition) is 0. The van der Waals surface area contributed by atoms with E-state index in [1.54, 1.807) is 39.5 Å². The van der Waals surface area contributed by atoms with Gasteiger partial charge in [0.25, 0.3) is 0 Å². The molecule has 2 aliphatic rings. The van der Waals surface area contributed by atoms with Crippen molar-refractivity contribution in [2.45, 2.75) is 31.3 Å². The Balaban J connectivity index is 1.44. The minimum atomic E-state index is -0.623. The number of ether oxygens (including phenoxy) is 5. The van der Waals surface area contributed by atoms with Crippen LogP contribution in [0.25, 0.3) is 0 Å². The molecule has 2 heterocycles. The molecule has 176 valence electrons. The van der Waals surface area contributed by atoms with E-state index in [2.05, 4.69) is 0 Å². The fourth-order valence-corrected chi connectivity index (χ4v) is 4.57. The Morgan fingerprint density at radius 2 is 1.64 bits per heavy atom. The molecule has 1 spiro atoms. The van der Waals surface area contributed by atoms with Gasteiger partial charge < -0.3 is 28.6 Å². The maximum Gasteiger partial charge on any atom is 0.226 e. The smallest absolute Gasteiger partial charge is 0.226 e. The summed E-state index contributed by atoms with van der Waals surface area (Å²) in [5.41, 5.74) is 0.688. The van der Waals surface area contributed by atoms with Gasteiger partial charge in [0.05, 0.1) is 41.3 Å². The predicted molar refractivity (Wildman–Crippen MR) is 121 cm³/mol. The van der Waals surface area contributed by atoms with E-state index in [-0.39, 0.29) is 24.5 Å². The largest absolute Gasteiger partial charge is 0.496 e. The molecule has 0 bridgehead atoms. The van der Waals surface area contributed by atoms with Gasteiger partial charge in [0.15, 0.2) is 17.3 Å². The number of likely N-dealkylation sites (tertiary alicyclic amines) is 1. The first-order chi connectivity index (χ1) is 15.9. The van der Waals surface area contributed by atoms with Crippen LogP contribution < -0.4 is 23.7 Å². The molecule has 0 aromatic heterocycles. The van der Waals surface area contributed by atoms with Crippen LogP contribution in [0.15, 0.2) is 30.3 Å². The molecule has 0 unspecified atom stereocenters. The summed E-state index contributed by atoms with van der Waals surface area (Å²) in [6, 6.07) is 8.90. The van der Waals surface area contributed by atoms with Crippen molar-refractivity contribution in [3.05, 3.63) is 41.5 Å². The quantitative estimate of drug-likeness (QED) is 0.661. The third-order valence-corrected chi connectivity index (χ3v) is 6.41. The second-order valence-electron chi connectivity index (χ2n) is 8.33. The molecule has 1 fully saturated rings. The summed E-state index contributed by atoms with van der Waals surface area (Å²) in [6.45, 7) is 1.05. The third-order valence-electron chi connectivity index (χ3n) is 6.41. The lowest BCUT2D eigenvalue weighted by Gasteiger charge is -2.44. The van der Waals surface area contributed by atoms with E-state index in [4.69, 9.17) is 23.7 Å². The number of amides is 1. The van der Waals surface area contributed by atoms with Crippen molar-refractivity contribution in [1.82, 2.24) is 4.90 Å². The Labute approximate surface area is 193 Å². The molecule has 4 rings (SSSR count). The molecule has 8 nitrogen and oxygen atoms in total. The third kappa shape index (κ3) is 4.42. The summed E-state index contributed by atoms with van der Waals surface area (Å²) < 4.78 is 27.7. The average Bonchev–Trinajstić information content (AvgIpc) is 2.83. The van der Waals surface area contributed by atoms with E-state index in [0.29, 0.717) is 60.2 Å². The minimum absolute atomic E-state index is 0.0131. The summed E-state index contributed by atoms with van der Waals surface area (Å²) in [4.78, 5) is 27.8. The van der Waals surface area contributed by atoms with Gasteiger partial charge in [-0.1, -0.05) is 6.07 Å². The van der Waals surface area contributed by atoms with Crippen LogP contribution in [0.1, 0.15) is 35.2 Å². The van der Waals surface area contributed by atoms with Crippen LogP contribution in [0.5, 0.6) is 28.7 Å². The molecule has 2 aliphatic heterocycles. The van der Waals surface area contributed by atoms with Gasteiger partial charge in [-0.15, -0.1) is 0 Å². The Bertz CT molecular complexity index is 1060. The molecule has 2 aromatic rings. The Hall–Kier alpha value is -3.42. The number of benzene rings is 2. The van der Waals surface area contributed by atoms with Gasteiger partial charge in [-0.2, -0.15) is 0 Å². The van der Waals surface area contributed by atoms with Gasteiger partial charge in [-0.05, 0) is 17.7 Å². The minimum Gasteiger partial charge on any atom is -0.496 e. The first-order valence-electron chi connectivity index (χ1n) is 10.9. The molecular weight excluding hydrogens is 426 g/mol. The zero-order valence-electron chi connectivity index (χ0n) is 19.4. The predicted octanol–water partition coefficient (Wildman–Crippen LogP) is 3.29. The highest BCUT2D eigenvalue weighted by atomic mass is 16.5. The molecule has 0 radical (unpaired) electrons. The molecular formula is C25H29NO7. The van der Waals surface area contributed by atoms with Crippen molar-refractivity contribution >= 4 is 11.7 Å². The lowest BCUT2D eigenvalue weighted by atomic mass is 9.82. The molecule has 0 atom stereocenters. The van der Waals surface area contributed by atoms with Gasteiger partial charge in [0.2, 0.25) is 5.91 Å². The van der Waals surface area contributed by atoms with Crippen molar-refractivity contribution in [3.8, 4) is 28.7 Å². The van der Waals surface area contributed by atoms with E-state index < -0.39 is 5.60 Å². The van der Waals surface area contributed by atoms with Crippen LogP contribution in [-0.2, 0) is 11.2 Å². The lowest BCUT2D eigenvalue weighted by molar-refractivity contribution is -0.134. The van der Waals surface area contributed by atoms with Crippen LogP contribution in [-0.4, -0.2) is 63.7 Å². The average molecular weight is 456 g/mol. The standard InChI is InChI=1S/C25H29NO7/c1-29-17-13-21(32-4)24-18(27)15-25(33-22(24)14-17)7-9-26(10-8-25)23(28)12-16-5-6-19(30-2)20(11-16)31-3/h5-6,11,13-14H,7-10,12,15H2,1-4H3. The fraction of sp³-hybridized carbons (Fsp3) is 0.440. The monoisotopic (exact) mass is 455 g/mol. The van der Waals surface area contributed by atoms with Crippen molar-refractivity contribution in [1.29, 1.82) is 0 Å². The Morgan fingerprint density at radius 1 is 0.939 bits per heavy atom. The summed E-state index contributed by atoms with van der Waals surface area (Å²) >= 11 is 0. The molecule has 0 saturated carbocycles. The van der Waals surface area contributed by atoms with Crippen molar-refractivity contribution in [3.63, 3.8) is 0 Å². The fourth-order valence-electron chi connectivity index (χ4n) is 4.57. The maximum absolute atomic E-state index is 13.0. The maximum atomic E-state index is 13.0. The first-order valence-corrected chi connectivity index (χ1v) is 10.9. The molecule has 8 heteroatoms. The van der Waals surface area contributed by atoms with Gasteiger partial charge >= 0.3 is 0 Å². The normalized spacial score (nSPS) is 16.6. The first kappa shape index (κ1) is 22.8. The molecule has 33 heavy (non-hydrogen) atoms. The topological polar surface area (TPSA) is 83.5 Å². The number of nitrogens with zero attached hydrogens (tertiary/aromatic N) is 1. The number of rotatable bonds is 6. The zero-order chi connectivity index (χ0) is 23.6. The number of methoxy groups -OCH3 is 4. The van der Waals surface area contributed by atoms with E-state index in [9.17, 15) is 9.59 Å². The van der Waals surface area contributed by atoms with Gasteiger partial charge in [-0.3, -0.25) is 9.59 Å². The number of carbonyl (C=O) groups excluding carboxylic acids is 2. The number of hydrogen-bond acceptors (Lipinski definition) is 7. The van der Waals surface area contributed by atoms with E-state index >= 15 is 0 Å². The molecule has 2 aromatic carbocycles. The molecule has 0 N–H and O–H groups in total. The number of ketones is 1. The number of piperidine rings is 1. The van der Waals surface area contributed by atoms with Gasteiger partial charge in [-0.25, -0.2) is 0 Å². The Morgan fingerprint density at radius 3 is 2.27 bits per heavy atom. The van der Waals surface area contributed by atoms with Crippen molar-refractivity contribution in [2.75, 3.05) is 41.5 Å². The number of carbonyl (C=O) groups is 2. The zero-order valence-corrected chi connectivity index (χ0v) is 19.4.